The maximum Gasteiger partial charge on any atom is 0.436 e. The molecule has 120 valence electrons. The highest BCUT2D eigenvalue weighted by atomic mass is 35.5. The molecule has 0 atom stereocenters. The molecule has 2 aromatic rings. The zero-order valence-electron chi connectivity index (χ0n) is 11.2. The Kier molecular flexibility index (Phi) is 4.04. The lowest BCUT2D eigenvalue weighted by Crippen LogP contribution is -2.16. The van der Waals surface area contributed by atoms with Gasteiger partial charge in [-0.1, -0.05) is 11.6 Å². The van der Waals surface area contributed by atoms with Crippen molar-refractivity contribution in [2.75, 3.05) is 14.1 Å². The monoisotopic (exact) mass is 355 g/mol. The van der Waals surface area contributed by atoms with Crippen LogP contribution in [0.2, 0.25) is 5.15 Å². The van der Waals surface area contributed by atoms with E-state index in [9.17, 15) is 21.6 Å². The molecule has 2 heterocycles. The Bertz CT molecular complexity index is 844. The molecule has 0 saturated heterocycles. The van der Waals surface area contributed by atoms with E-state index >= 15 is 0 Å². The molecule has 7 nitrogen and oxygen atoms in total. The van der Waals surface area contributed by atoms with E-state index in [1.165, 1.54) is 25.1 Å². The third-order valence-electron chi connectivity index (χ3n) is 2.33. The van der Waals surface area contributed by atoms with Crippen LogP contribution in [-0.2, 0) is 16.2 Å². The molecule has 0 amide bonds. The van der Waals surface area contributed by atoms with Crippen LogP contribution in [0.1, 0.15) is 5.69 Å². The predicted octanol–water partition coefficient (Wildman–Crippen LogP) is 1.68. The Morgan fingerprint density at radius 3 is 2.55 bits per heavy atom. The van der Waals surface area contributed by atoms with Gasteiger partial charge in [0, 0.05) is 14.1 Å². The van der Waals surface area contributed by atoms with Crippen molar-refractivity contribution in [1.29, 1.82) is 0 Å². The summed E-state index contributed by atoms with van der Waals surface area (Å²) in [5, 5.41) is 2.18. The lowest BCUT2D eigenvalue weighted by Gasteiger charge is -2.06. The summed E-state index contributed by atoms with van der Waals surface area (Å²) in [6.07, 6.45) is -4.13. The second-order valence-corrected chi connectivity index (χ2v) is 6.28. The summed E-state index contributed by atoms with van der Waals surface area (Å²) >= 11 is 5.61. The van der Waals surface area contributed by atoms with Crippen molar-refractivity contribution in [3.8, 4) is 0 Å². The number of nitrogens with zero attached hydrogens (tertiary/aromatic N) is 5. The molecule has 2 rings (SSSR count). The summed E-state index contributed by atoms with van der Waals surface area (Å²) in [5.74, 6) is 0. The van der Waals surface area contributed by atoms with E-state index in [0.29, 0.717) is 4.52 Å². The van der Waals surface area contributed by atoms with Gasteiger partial charge in [-0.2, -0.15) is 31.2 Å². The summed E-state index contributed by atoms with van der Waals surface area (Å²) in [6.45, 7) is 0. The first kappa shape index (κ1) is 16.5. The largest absolute Gasteiger partial charge is 0.436 e. The summed E-state index contributed by atoms with van der Waals surface area (Å²) in [4.78, 5) is 4.53. The molecule has 0 aliphatic carbocycles. The number of halogens is 4. The van der Waals surface area contributed by atoms with Gasteiger partial charge < -0.3 is 4.90 Å². The first-order chi connectivity index (χ1) is 10.0. The van der Waals surface area contributed by atoms with Crippen LogP contribution in [0.25, 0.3) is 5.65 Å². The van der Waals surface area contributed by atoms with Crippen LogP contribution in [0.15, 0.2) is 21.6 Å². The highest BCUT2D eigenvalue weighted by Crippen LogP contribution is 2.34. The molecule has 0 spiro atoms. The van der Waals surface area contributed by atoms with Crippen molar-refractivity contribution in [2.24, 2.45) is 4.40 Å². The van der Waals surface area contributed by atoms with Gasteiger partial charge in [0.1, 0.15) is 11.5 Å². The molecule has 0 saturated carbocycles. The zero-order chi connectivity index (χ0) is 16.7. The molecule has 0 N–H and O–H groups in total. The minimum Gasteiger partial charge on any atom is -0.368 e. The average molecular weight is 356 g/mol. The number of fused-ring (bicyclic) bond motifs is 1. The minimum atomic E-state index is -4.99. The number of hydrogen-bond acceptors (Lipinski definition) is 4. The number of hydrogen-bond donors (Lipinski definition) is 0. The van der Waals surface area contributed by atoms with Crippen molar-refractivity contribution in [3.63, 3.8) is 0 Å². The number of sulfonamides is 1. The van der Waals surface area contributed by atoms with Gasteiger partial charge in [-0.25, -0.2) is 4.98 Å². The Hall–Kier alpha value is -1.88. The number of alkyl halides is 3. The molecule has 0 aliphatic rings. The number of aromatic nitrogens is 3. The van der Waals surface area contributed by atoms with Gasteiger partial charge in [-0.05, 0) is 12.1 Å². The fraction of sp³-hybridized carbons (Fsp3) is 0.300. The van der Waals surface area contributed by atoms with E-state index in [1.807, 2.05) is 0 Å². The average Bonchev–Trinajstić information content (AvgIpc) is 2.75. The van der Waals surface area contributed by atoms with Gasteiger partial charge in [0.25, 0.3) is 0 Å². The molecule has 12 heteroatoms. The maximum atomic E-state index is 13.1. The van der Waals surface area contributed by atoms with Crippen LogP contribution < -0.4 is 0 Å². The third-order valence-corrected chi connectivity index (χ3v) is 3.76. The van der Waals surface area contributed by atoms with Crippen molar-refractivity contribution in [2.45, 2.75) is 11.2 Å². The van der Waals surface area contributed by atoms with Crippen molar-refractivity contribution < 1.29 is 21.6 Å². The van der Waals surface area contributed by atoms with E-state index in [0.717, 1.165) is 12.4 Å². The Labute approximate surface area is 128 Å². The van der Waals surface area contributed by atoms with Crippen LogP contribution in [0.4, 0.5) is 13.2 Å². The van der Waals surface area contributed by atoms with E-state index in [4.69, 9.17) is 11.6 Å². The second-order valence-electron chi connectivity index (χ2n) is 4.35. The molecule has 2 aromatic heterocycles. The fourth-order valence-electron chi connectivity index (χ4n) is 1.51. The van der Waals surface area contributed by atoms with Gasteiger partial charge >= 0.3 is 16.2 Å². The van der Waals surface area contributed by atoms with Crippen molar-refractivity contribution in [3.05, 3.63) is 23.0 Å². The van der Waals surface area contributed by atoms with E-state index in [2.05, 4.69) is 14.5 Å². The highest BCUT2D eigenvalue weighted by molar-refractivity contribution is 7.90. The van der Waals surface area contributed by atoms with Crippen LogP contribution in [0.3, 0.4) is 0 Å². The minimum absolute atomic E-state index is 0.188. The quantitative estimate of drug-likeness (QED) is 0.618. The predicted molar refractivity (Wildman–Crippen MR) is 72.4 cm³/mol. The smallest absolute Gasteiger partial charge is 0.368 e. The molecule has 0 radical (unpaired) electrons. The van der Waals surface area contributed by atoms with Crippen LogP contribution >= 0.6 is 11.6 Å². The molecule has 0 fully saturated rings. The lowest BCUT2D eigenvalue weighted by molar-refractivity contribution is -0.143. The van der Waals surface area contributed by atoms with Gasteiger partial charge in [0.05, 0.1) is 0 Å². The summed E-state index contributed by atoms with van der Waals surface area (Å²) < 4.78 is 67.1. The normalized spacial score (nSPS) is 13.2. The highest BCUT2D eigenvalue weighted by Gasteiger charge is 2.42. The molecule has 0 bridgehead atoms. The molecule has 22 heavy (non-hydrogen) atoms. The Morgan fingerprint density at radius 2 is 2.00 bits per heavy atom. The molecule has 0 aliphatic heterocycles. The standard InChI is InChI=1S/C10H9ClF3N5O2S/c1-18(2)5-15-22(20,21)9-8(10(12,13)14)16-7-4-3-6(11)17-19(7)9/h3-5H,1-2H3. The number of imidazole rings is 1. The Morgan fingerprint density at radius 1 is 1.36 bits per heavy atom. The summed E-state index contributed by atoms with van der Waals surface area (Å²) in [5.41, 5.74) is -1.91. The van der Waals surface area contributed by atoms with Gasteiger partial charge in [-0.15, -0.1) is 4.40 Å². The van der Waals surface area contributed by atoms with Gasteiger partial charge in [0.15, 0.2) is 11.3 Å². The number of rotatable bonds is 3. The molecular formula is C10H9ClF3N5O2S. The molecule has 0 aromatic carbocycles. The van der Waals surface area contributed by atoms with Crippen molar-refractivity contribution >= 4 is 33.6 Å². The first-order valence-corrected chi connectivity index (χ1v) is 7.43. The topological polar surface area (TPSA) is 79.9 Å². The Balaban J connectivity index is 2.82. The first-order valence-electron chi connectivity index (χ1n) is 5.62. The molecular weight excluding hydrogens is 347 g/mol. The van der Waals surface area contributed by atoms with E-state index < -0.39 is 26.9 Å². The van der Waals surface area contributed by atoms with E-state index in [1.54, 1.807) is 0 Å². The van der Waals surface area contributed by atoms with Gasteiger partial charge in [-0.3, -0.25) is 0 Å². The molecule has 0 unspecified atom stereocenters. The maximum absolute atomic E-state index is 13.1. The SMILES string of the molecule is CN(C)C=NS(=O)(=O)c1c(C(F)(F)F)nc2ccc(Cl)nn12. The van der Waals surface area contributed by atoms with Crippen LogP contribution in [0.5, 0.6) is 0 Å². The second kappa shape index (κ2) is 5.39. The van der Waals surface area contributed by atoms with Crippen LogP contribution in [-0.4, -0.2) is 48.3 Å². The van der Waals surface area contributed by atoms with Crippen LogP contribution in [0, 0.1) is 0 Å². The zero-order valence-corrected chi connectivity index (χ0v) is 12.8. The van der Waals surface area contributed by atoms with Gasteiger partial charge in [0.2, 0.25) is 5.03 Å². The van der Waals surface area contributed by atoms with Crippen molar-refractivity contribution in [1.82, 2.24) is 19.5 Å². The fourth-order valence-corrected chi connectivity index (χ4v) is 2.82. The van der Waals surface area contributed by atoms with E-state index in [-0.39, 0.29) is 10.8 Å². The summed E-state index contributed by atoms with van der Waals surface area (Å²) in [7, 11) is -1.75. The lowest BCUT2D eigenvalue weighted by atomic mass is 10.5. The third kappa shape index (κ3) is 3.14. The summed E-state index contributed by atoms with van der Waals surface area (Å²) in [6, 6.07) is 2.32.